The van der Waals surface area contributed by atoms with Crippen LogP contribution < -0.4 is 29.1 Å². The van der Waals surface area contributed by atoms with E-state index >= 15 is 0 Å². The molecular weight excluding hydrogens is 667 g/mol. The minimum atomic E-state index is -0.765. The molecule has 5 rings (SSSR count). The van der Waals surface area contributed by atoms with Crippen LogP contribution in [0.2, 0.25) is 0 Å². The molecular formula is C32H29IN2O6S. The molecule has 10 heteroatoms. The third-order valence-electron chi connectivity index (χ3n) is 6.64. The minimum Gasteiger partial charge on any atom is -0.497 e. The summed E-state index contributed by atoms with van der Waals surface area (Å²) in [6.07, 6.45) is 1.81. The van der Waals surface area contributed by atoms with Crippen molar-refractivity contribution in [3.05, 3.63) is 112 Å². The molecule has 8 nitrogen and oxygen atoms in total. The topological polar surface area (TPSA) is 88.4 Å². The molecule has 1 aliphatic heterocycles. The van der Waals surface area contributed by atoms with Crippen molar-refractivity contribution in [1.82, 2.24) is 4.57 Å². The largest absolute Gasteiger partial charge is 0.497 e. The van der Waals surface area contributed by atoms with Crippen LogP contribution in [0.3, 0.4) is 0 Å². The Hall–Kier alpha value is -3.90. The molecule has 2 heterocycles. The SMILES string of the molecule is CCOC(=O)C1=C(c2ccccc2)N=c2s/c(=C\c3cc(I)c(OCC)c(OC)c3)c(=O)n2[C@@H]1c1ccc(OC)cc1. The molecule has 42 heavy (non-hydrogen) atoms. The molecule has 0 amide bonds. The molecule has 0 spiro atoms. The summed E-state index contributed by atoms with van der Waals surface area (Å²) in [7, 11) is 3.18. The van der Waals surface area contributed by atoms with Crippen molar-refractivity contribution in [2.45, 2.75) is 19.9 Å². The van der Waals surface area contributed by atoms with Gasteiger partial charge in [-0.2, -0.15) is 0 Å². The van der Waals surface area contributed by atoms with E-state index in [-0.39, 0.29) is 12.2 Å². The van der Waals surface area contributed by atoms with Crippen LogP contribution in [0.15, 0.2) is 82.1 Å². The number of thiazole rings is 1. The van der Waals surface area contributed by atoms with Crippen molar-refractivity contribution in [2.24, 2.45) is 4.99 Å². The maximum atomic E-state index is 14.1. The molecule has 0 N–H and O–H groups in total. The monoisotopic (exact) mass is 696 g/mol. The number of benzene rings is 3. The van der Waals surface area contributed by atoms with Crippen LogP contribution in [0.4, 0.5) is 0 Å². The molecule has 1 aromatic heterocycles. The zero-order chi connectivity index (χ0) is 29.8. The average molecular weight is 697 g/mol. The molecule has 0 fully saturated rings. The van der Waals surface area contributed by atoms with Crippen LogP contribution in [0.5, 0.6) is 17.2 Å². The highest BCUT2D eigenvalue weighted by atomic mass is 127. The Labute approximate surface area is 260 Å². The van der Waals surface area contributed by atoms with E-state index in [0.29, 0.717) is 44.5 Å². The molecule has 0 bridgehead atoms. The Balaban J connectivity index is 1.78. The van der Waals surface area contributed by atoms with E-state index in [4.69, 9.17) is 23.9 Å². The molecule has 1 aliphatic rings. The second-order valence-electron chi connectivity index (χ2n) is 9.17. The average Bonchev–Trinajstić information content (AvgIpc) is 3.32. The molecule has 0 saturated heterocycles. The Morgan fingerprint density at radius 1 is 1.02 bits per heavy atom. The first kappa shape index (κ1) is 29.6. The van der Waals surface area contributed by atoms with Gasteiger partial charge in [-0.15, -0.1) is 0 Å². The third-order valence-corrected chi connectivity index (χ3v) is 8.43. The second kappa shape index (κ2) is 13.0. The summed E-state index contributed by atoms with van der Waals surface area (Å²) in [6.45, 7) is 4.35. The molecule has 0 radical (unpaired) electrons. The quantitative estimate of drug-likeness (QED) is 0.182. The van der Waals surface area contributed by atoms with Crippen molar-refractivity contribution in [1.29, 1.82) is 0 Å². The van der Waals surface area contributed by atoms with E-state index < -0.39 is 12.0 Å². The smallest absolute Gasteiger partial charge is 0.338 e. The number of carbonyl (C=O) groups is 1. The fourth-order valence-electron chi connectivity index (χ4n) is 4.80. The van der Waals surface area contributed by atoms with Gasteiger partial charge in [-0.1, -0.05) is 53.8 Å². The normalized spacial score (nSPS) is 14.7. The first-order valence-corrected chi connectivity index (χ1v) is 15.2. The molecule has 0 aliphatic carbocycles. The number of halogens is 1. The second-order valence-corrected chi connectivity index (χ2v) is 11.3. The summed E-state index contributed by atoms with van der Waals surface area (Å²) >= 11 is 3.46. The molecule has 1 atom stereocenters. The van der Waals surface area contributed by atoms with Crippen LogP contribution >= 0.6 is 33.9 Å². The summed E-state index contributed by atoms with van der Waals surface area (Å²) in [5.74, 6) is 1.37. The van der Waals surface area contributed by atoms with E-state index in [9.17, 15) is 9.59 Å². The van der Waals surface area contributed by atoms with E-state index in [0.717, 1.165) is 20.3 Å². The van der Waals surface area contributed by atoms with Crippen molar-refractivity contribution in [2.75, 3.05) is 27.4 Å². The van der Waals surface area contributed by atoms with Crippen molar-refractivity contribution >= 4 is 51.7 Å². The third kappa shape index (κ3) is 5.73. The van der Waals surface area contributed by atoms with Gasteiger partial charge in [0.1, 0.15) is 5.75 Å². The zero-order valence-electron chi connectivity index (χ0n) is 23.5. The van der Waals surface area contributed by atoms with Gasteiger partial charge in [0, 0.05) is 5.56 Å². The van der Waals surface area contributed by atoms with Gasteiger partial charge in [0.05, 0.1) is 52.8 Å². The number of hydrogen-bond donors (Lipinski definition) is 0. The Kier molecular flexibility index (Phi) is 9.12. The van der Waals surface area contributed by atoms with Gasteiger partial charge in [0.15, 0.2) is 16.3 Å². The highest BCUT2D eigenvalue weighted by Gasteiger charge is 2.35. The number of hydrogen-bond acceptors (Lipinski definition) is 8. The highest BCUT2D eigenvalue weighted by molar-refractivity contribution is 14.1. The fourth-order valence-corrected chi connectivity index (χ4v) is 6.58. The predicted molar refractivity (Wildman–Crippen MR) is 171 cm³/mol. The van der Waals surface area contributed by atoms with Crippen molar-refractivity contribution in [3.63, 3.8) is 0 Å². The lowest BCUT2D eigenvalue weighted by Crippen LogP contribution is -2.40. The van der Waals surface area contributed by atoms with Gasteiger partial charge < -0.3 is 18.9 Å². The van der Waals surface area contributed by atoms with E-state index in [1.54, 1.807) is 25.7 Å². The minimum absolute atomic E-state index is 0.183. The highest BCUT2D eigenvalue weighted by Crippen LogP contribution is 2.36. The first-order valence-electron chi connectivity index (χ1n) is 13.3. The molecule has 0 saturated carbocycles. The number of aromatic nitrogens is 1. The number of nitrogens with zero attached hydrogens (tertiary/aromatic N) is 2. The Morgan fingerprint density at radius 2 is 1.76 bits per heavy atom. The predicted octanol–water partition coefficient (Wildman–Crippen LogP) is 4.96. The van der Waals surface area contributed by atoms with Gasteiger partial charge >= 0.3 is 5.97 Å². The van der Waals surface area contributed by atoms with Crippen LogP contribution in [0, 0.1) is 3.57 Å². The maximum Gasteiger partial charge on any atom is 0.338 e. The molecule has 3 aromatic carbocycles. The molecule has 4 aromatic rings. The van der Waals surface area contributed by atoms with Crippen LogP contribution in [0.1, 0.15) is 36.6 Å². The number of methoxy groups -OCH3 is 2. The number of carbonyl (C=O) groups excluding carboxylic acids is 1. The molecule has 216 valence electrons. The van der Waals surface area contributed by atoms with E-state index in [1.165, 1.54) is 11.3 Å². The summed E-state index contributed by atoms with van der Waals surface area (Å²) in [5, 5.41) is 0. The summed E-state index contributed by atoms with van der Waals surface area (Å²) in [4.78, 5) is 33.1. The Bertz CT molecular complexity index is 1830. The number of ether oxygens (including phenoxy) is 4. The van der Waals surface area contributed by atoms with Crippen molar-refractivity contribution in [3.8, 4) is 17.2 Å². The van der Waals surface area contributed by atoms with E-state index in [2.05, 4.69) is 22.6 Å². The zero-order valence-corrected chi connectivity index (χ0v) is 26.5. The first-order chi connectivity index (χ1) is 20.4. The summed E-state index contributed by atoms with van der Waals surface area (Å²) in [6, 6.07) is 19.8. The number of rotatable bonds is 9. The summed E-state index contributed by atoms with van der Waals surface area (Å²) < 4.78 is 25.1. The maximum absolute atomic E-state index is 14.1. The lowest BCUT2D eigenvalue weighted by atomic mass is 9.93. The van der Waals surface area contributed by atoms with Crippen LogP contribution in [0.25, 0.3) is 11.8 Å². The van der Waals surface area contributed by atoms with Gasteiger partial charge in [-0.25, -0.2) is 9.79 Å². The van der Waals surface area contributed by atoms with Gasteiger partial charge in [-0.05, 0) is 77.9 Å². The van der Waals surface area contributed by atoms with Gasteiger partial charge in [0.25, 0.3) is 5.56 Å². The lowest BCUT2D eigenvalue weighted by molar-refractivity contribution is -0.138. The molecule has 0 unspecified atom stereocenters. The lowest BCUT2D eigenvalue weighted by Gasteiger charge is -2.26. The number of fused-ring (bicyclic) bond motifs is 1. The summed E-state index contributed by atoms with van der Waals surface area (Å²) in [5.41, 5.74) is 2.76. The van der Waals surface area contributed by atoms with E-state index in [1.807, 2.05) is 79.7 Å². The standard InChI is InChI=1S/C32H29IN2O6S/c1-5-40-29-23(33)16-19(17-24(29)39-4)18-25-30(36)35-28(21-12-14-22(38-3)15-13-21)26(31(37)41-6-2)27(34-32(35)42-25)20-10-8-7-9-11-20/h7-18,28H,5-6H2,1-4H3/b25-18-/t28-/m1/s1. The van der Waals surface area contributed by atoms with Crippen molar-refractivity contribution < 1.29 is 23.7 Å². The van der Waals surface area contributed by atoms with Gasteiger partial charge in [0.2, 0.25) is 0 Å². The number of esters is 1. The Morgan fingerprint density at radius 3 is 2.40 bits per heavy atom. The van der Waals surface area contributed by atoms with Gasteiger partial charge in [-0.3, -0.25) is 9.36 Å². The fraction of sp³-hybridized carbons (Fsp3) is 0.219. The van der Waals surface area contributed by atoms with Crippen LogP contribution in [-0.4, -0.2) is 38.0 Å². The van der Waals surface area contributed by atoms with Crippen LogP contribution in [-0.2, 0) is 9.53 Å².